The second-order valence-corrected chi connectivity index (χ2v) is 4.59. The van der Waals surface area contributed by atoms with Crippen molar-refractivity contribution in [2.24, 2.45) is 0 Å². The highest BCUT2D eigenvalue weighted by atomic mass is 16.6. The molecule has 1 saturated heterocycles. The lowest BCUT2D eigenvalue weighted by atomic mass is 10.2. The molecule has 21 heavy (non-hydrogen) atoms. The Morgan fingerprint density at radius 2 is 2.38 bits per heavy atom. The number of rotatable bonds is 5. The lowest BCUT2D eigenvalue weighted by Crippen LogP contribution is -2.41. The van der Waals surface area contributed by atoms with E-state index in [0.29, 0.717) is 12.8 Å². The SMILES string of the molecule is CCNC1OC(n2cc(C=O)c(N)nc2=O)C(OC)C1O. The quantitative estimate of drug-likeness (QED) is 0.559. The van der Waals surface area contributed by atoms with Crippen LogP contribution in [0.15, 0.2) is 11.0 Å². The Balaban J connectivity index is 2.40. The third-order valence-corrected chi connectivity index (χ3v) is 3.30. The van der Waals surface area contributed by atoms with Crippen LogP contribution in [0.4, 0.5) is 5.82 Å². The number of carbonyl (C=O) groups excluding carboxylic acids is 1. The number of carbonyl (C=O) groups is 1. The van der Waals surface area contributed by atoms with Gasteiger partial charge in [-0.3, -0.25) is 14.7 Å². The summed E-state index contributed by atoms with van der Waals surface area (Å²) in [5.74, 6) is -0.151. The standard InChI is InChI=1S/C12H18N4O5/c1-3-14-10-7(18)8(20-2)11(21-10)16-4-6(5-17)9(13)15-12(16)19/h4-5,7-8,10-11,14,18H,3H2,1-2H3,(H2,13,15,19). The van der Waals surface area contributed by atoms with Crippen LogP contribution in [0.25, 0.3) is 0 Å². The molecule has 1 fully saturated rings. The molecule has 1 aliphatic rings. The summed E-state index contributed by atoms with van der Waals surface area (Å²) >= 11 is 0. The molecule has 0 aliphatic carbocycles. The number of nitrogens with two attached hydrogens (primary N) is 1. The van der Waals surface area contributed by atoms with E-state index >= 15 is 0 Å². The van der Waals surface area contributed by atoms with Crippen LogP contribution in [0, 0.1) is 0 Å². The molecule has 0 saturated carbocycles. The lowest BCUT2D eigenvalue weighted by Gasteiger charge is -2.20. The highest BCUT2D eigenvalue weighted by Crippen LogP contribution is 2.29. The fraction of sp³-hybridized carbons (Fsp3) is 0.583. The molecule has 0 bridgehead atoms. The predicted octanol–water partition coefficient (Wildman–Crippen LogP) is -1.52. The van der Waals surface area contributed by atoms with Crippen LogP contribution in [-0.4, -0.2) is 53.0 Å². The summed E-state index contributed by atoms with van der Waals surface area (Å²) in [4.78, 5) is 26.4. The van der Waals surface area contributed by atoms with Crippen molar-refractivity contribution in [1.29, 1.82) is 0 Å². The molecule has 0 amide bonds. The molecule has 9 heteroatoms. The molecule has 2 heterocycles. The van der Waals surface area contributed by atoms with Crippen molar-refractivity contribution in [3.8, 4) is 0 Å². The van der Waals surface area contributed by atoms with E-state index in [1.54, 1.807) is 0 Å². The molecule has 1 aliphatic heterocycles. The normalized spacial score (nSPS) is 28.7. The minimum atomic E-state index is -0.968. The van der Waals surface area contributed by atoms with Gasteiger partial charge in [0, 0.05) is 13.3 Å². The number of ether oxygens (including phenoxy) is 2. The summed E-state index contributed by atoms with van der Waals surface area (Å²) in [6.45, 7) is 2.42. The first-order chi connectivity index (χ1) is 10.0. The lowest BCUT2D eigenvalue weighted by molar-refractivity contribution is -0.0591. The molecule has 9 nitrogen and oxygen atoms in total. The summed E-state index contributed by atoms with van der Waals surface area (Å²) in [5.41, 5.74) is 4.86. The van der Waals surface area contributed by atoms with E-state index in [4.69, 9.17) is 15.2 Å². The van der Waals surface area contributed by atoms with Gasteiger partial charge in [-0.25, -0.2) is 4.79 Å². The Hall–Kier alpha value is -1.81. The monoisotopic (exact) mass is 298 g/mol. The van der Waals surface area contributed by atoms with Crippen LogP contribution < -0.4 is 16.7 Å². The van der Waals surface area contributed by atoms with Gasteiger partial charge in [0.05, 0.1) is 5.56 Å². The van der Waals surface area contributed by atoms with Gasteiger partial charge in [0.1, 0.15) is 24.3 Å². The van der Waals surface area contributed by atoms with Gasteiger partial charge < -0.3 is 20.3 Å². The van der Waals surface area contributed by atoms with Crippen LogP contribution in [0.5, 0.6) is 0 Å². The summed E-state index contributed by atoms with van der Waals surface area (Å²) in [6, 6.07) is 0. The van der Waals surface area contributed by atoms with Crippen molar-refractivity contribution in [1.82, 2.24) is 14.9 Å². The van der Waals surface area contributed by atoms with Gasteiger partial charge in [-0.15, -0.1) is 0 Å². The zero-order chi connectivity index (χ0) is 15.6. The first kappa shape index (κ1) is 15.6. The number of nitrogens with one attached hydrogen (secondary N) is 1. The Bertz CT molecular complexity index is 575. The highest BCUT2D eigenvalue weighted by Gasteiger charge is 2.45. The Morgan fingerprint density at radius 3 is 2.95 bits per heavy atom. The van der Waals surface area contributed by atoms with Crippen LogP contribution in [0.2, 0.25) is 0 Å². The van der Waals surface area contributed by atoms with Gasteiger partial charge in [-0.2, -0.15) is 4.98 Å². The maximum atomic E-state index is 11.9. The predicted molar refractivity (Wildman–Crippen MR) is 72.7 cm³/mol. The van der Waals surface area contributed by atoms with E-state index in [9.17, 15) is 14.7 Å². The molecule has 1 aromatic rings. The number of aliphatic hydroxyl groups excluding tert-OH is 1. The molecule has 4 atom stereocenters. The zero-order valence-corrected chi connectivity index (χ0v) is 11.7. The van der Waals surface area contributed by atoms with Crippen LogP contribution in [-0.2, 0) is 9.47 Å². The molecule has 0 spiro atoms. The van der Waals surface area contributed by atoms with Gasteiger partial charge in [-0.1, -0.05) is 6.92 Å². The van der Waals surface area contributed by atoms with Gasteiger partial charge in [0.2, 0.25) is 0 Å². The second kappa shape index (κ2) is 6.31. The number of anilines is 1. The third kappa shape index (κ3) is 2.81. The number of hydrogen-bond acceptors (Lipinski definition) is 8. The molecule has 0 aromatic carbocycles. The van der Waals surface area contributed by atoms with E-state index in [0.717, 1.165) is 4.57 Å². The maximum absolute atomic E-state index is 11.9. The molecule has 4 unspecified atom stereocenters. The van der Waals surface area contributed by atoms with Crippen molar-refractivity contribution in [3.63, 3.8) is 0 Å². The van der Waals surface area contributed by atoms with Crippen LogP contribution in [0.1, 0.15) is 23.5 Å². The minimum absolute atomic E-state index is 0.0643. The summed E-state index contributed by atoms with van der Waals surface area (Å²) in [6.07, 6.45) is -1.61. The summed E-state index contributed by atoms with van der Waals surface area (Å²) < 4.78 is 11.9. The highest BCUT2D eigenvalue weighted by molar-refractivity contribution is 5.80. The Kier molecular flexibility index (Phi) is 4.68. The second-order valence-electron chi connectivity index (χ2n) is 4.59. The van der Waals surface area contributed by atoms with Crippen LogP contribution in [0.3, 0.4) is 0 Å². The van der Waals surface area contributed by atoms with E-state index < -0.39 is 30.4 Å². The first-order valence-electron chi connectivity index (χ1n) is 6.47. The number of likely N-dealkylation sites (N-methyl/N-ethyl adjacent to an activating group) is 1. The van der Waals surface area contributed by atoms with E-state index in [2.05, 4.69) is 10.3 Å². The number of hydrogen-bond donors (Lipinski definition) is 3. The molecule has 2 rings (SSSR count). The van der Waals surface area contributed by atoms with Gasteiger partial charge in [-0.05, 0) is 6.54 Å². The molecule has 1 aromatic heterocycles. The number of aromatic nitrogens is 2. The fourth-order valence-corrected chi connectivity index (χ4v) is 2.27. The summed E-state index contributed by atoms with van der Waals surface area (Å²) in [7, 11) is 1.40. The number of methoxy groups -OCH3 is 1. The van der Waals surface area contributed by atoms with Gasteiger partial charge in [0.15, 0.2) is 12.5 Å². The maximum Gasteiger partial charge on any atom is 0.351 e. The molecular weight excluding hydrogens is 280 g/mol. The average molecular weight is 298 g/mol. The number of nitrogen functional groups attached to an aromatic ring is 1. The van der Waals surface area contributed by atoms with Crippen molar-refractivity contribution in [3.05, 3.63) is 22.2 Å². The number of aldehydes is 1. The number of aliphatic hydroxyl groups is 1. The molecular formula is C12H18N4O5. The van der Waals surface area contributed by atoms with E-state index in [-0.39, 0.29) is 11.4 Å². The number of nitrogens with zero attached hydrogens (tertiary/aromatic N) is 2. The molecule has 0 radical (unpaired) electrons. The topological polar surface area (TPSA) is 129 Å². The minimum Gasteiger partial charge on any atom is -0.386 e. The van der Waals surface area contributed by atoms with Gasteiger partial charge in [0.25, 0.3) is 0 Å². The first-order valence-corrected chi connectivity index (χ1v) is 6.47. The smallest absolute Gasteiger partial charge is 0.351 e. The van der Waals surface area contributed by atoms with Crippen LogP contribution >= 0.6 is 0 Å². The third-order valence-electron chi connectivity index (χ3n) is 3.30. The van der Waals surface area contributed by atoms with Gasteiger partial charge >= 0.3 is 5.69 Å². The van der Waals surface area contributed by atoms with Crippen molar-refractivity contribution < 1.29 is 19.4 Å². The van der Waals surface area contributed by atoms with E-state index in [1.807, 2.05) is 6.92 Å². The molecule has 4 N–H and O–H groups in total. The molecule has 116 valence electrons. The summed E-state index contributed by atoms with van der Waals surface area (Å²) in [5, 5.41) is 13.1. The largest absolute Gasteiger partial charge is 0.386 e. The Morgan fingerprint density at radius 1 is 1.67 bits per heavy atom. The van der Waals surface area contributed by atoms with Crippen molar-refractivity contribution in [2.75, 3.05) is 19.4 Å². The fourth-order valence-electron chi connectivity index (χ4n) is 2.27. The zero-order valence-electron chi connectivity index (χ0n) is 11.7. The van der Waals surface area contributed by atoms with Crippen molar-refractivity contribution in [2.45, 2.75) is 31.6 Å². The van der Waals surface area contributed by atoms with E-state index in [1.165, 1.54) is 13.3 Å². The Labute approximate surface area is 120 Å². The average Bonchev–Trinajstić information content (AvgIpc) is 2.76. The van der Waals surface area contributed by atoms with Crippen molar-refractivity contribution >= 4 is 12.1 Å².